The van der Waals surface area contributed by atoms with Crippen molar-refractivity contribution in [3.8, 4) is 0 Å². The van der Waals surface area contributed by atoms with E-state index in [4.69, 9.17) is 5.73 Å². The predicted octanol–water partition coefficient (Wildman–Crippen LogP) is 0.256. The summed E-state index contributed by atoms with van der Waals surface area (Å²) in [5.74, 6) is -0.249. The Morgan fingerprint density at radius 2 is 2.00 bits per heavy atom. The van der Waals surface area contributed by atoms with Crippen LogP contribution in [-0.2, 0) is 4.79 Å². The number of carbonyl (C=O) groups is 1. The molecule has 1 rings (SSSR count). The highest BCUT2D eigenvalue weighted by atomic mass is 16.1. The summed E-state index contributed by atoms with van der Waals surface area (Å²) in [6.07, 6.45) is 4.66. The molecule has 0 heterocycles. The topological polar surface area (TPSA) is 61.6 Å². The van der Waals surface area contributed by atoms with Crippen LogP contribution in [0.15, 0.2) is 0 Å². The van der Waals surface area contributed by atoms with Crippen molar-refractivity contribution >= 4 is 5.91 Å². The summed E-state index contributed by atoms with van der Waals surface area (Å²) >= 11 is 0. The monoisotopic (exact) mass is 270 g/mol. The molecule has 1 aliphatic rings. The molecule has 0 aliphatic heterocycles. The molecular weight excluding hydrogens is 240 g/mol. The Labute approximate surface area is 117 Å². The minimum Gasteiger partial charge on any atom is -0.368 e. The SMILES string of the molecule is CCNC(CCN(C)CC1(N(C)C)CCC1)C(N)=O. The van der Waals surface area contributed by atoms with Gasteiger partial charge in [0.25, 0.3) is 0 Å². The first-order valence-electron chi connectivity index (χ1n) is 7.30. The lowest BCUT2D eigenvalue weighted by molar-refractivity contribution is -0.120. The van der Waals surface area contributed by atoms with Gasteiger partial charge in [-0.2, -0.15) is 0 Å². The number of rotatable bonds is 9. The van der Waals surface area contributed by atoms with Crippen LogP contribution in [0.4, 0.5) is 0 Å². The maximum atomic E-state index is 11.3. The summed E-state index contributed by atoms with van der Waals surface area (Å²) in [4.78, 5) is 16.0. The first kappa shape index (κ1) is 16.4. The van der Waals surface area contributed by atoms with E-state index in [0.717, 1.165) is 26.1 Å². The van der Waals surface area contributed by atoms with Gasteiger partial charge in [0.1, 0.15) is 0 Å². The molecule has 0 aromatic heterocycles. The van der Waals surface area contributed by atoms with Crippen molar-refractivity contribution in [1.29, 1.82) is 0 Å². The van der Waals surface area contributed by atoms with Gasteiger partial charge in [0.2, 0.25) is 5.91 Å². The van der Waals surface area contributed by atoms with Gasteiger partial charge in [0.15, 0.2) is 0 Å². The van der Waals surface area contributed by atoms with Gasteiger partial charge in [-0.25, -0.2) is 0 Å². The number of amides is 1. The lowest BCUT2D eigenvalue weighted by Gasteiger charge is -2.49. The number of likely N-dealkylation sites (N-methyl/N-ethyl adjacent to an activating group) is 3. The Kier molecular flexibility index (Phi) is 6.23. The summed E-state index contributed by atoms with van der Waals surface area (Å²) in [5.41, 5.74) is 5.74. The van der Waals surface area contributed by atoms with Crippen LogP contribution in [0.1, 0.15) is 32.6 Å². The van der Waals surface area contributed by atoms with Crippen LogP contribution in [0, 0.1) is 0 Å². The van der Waals surface area contributed by atoms with E-state index in [1.807, 2.05) is 6.92 Å². The number of hydrogen-bond donors (Lipinski definition) is 2. The first-order chi connectivity index (χ1) is 8.91. The third-order valence-corrected chi connectivity index (χ3v) is 4.39. The molecule has 1 amide bonds. The summed E-state index contributed by atoms with van der Waals surface area (Å²) < 4.78 is 0. The van der Waals surface area contributed by atoms with E-state index in [1.165, 1.54) is 19.3 Å². The van der Waals surface area contributed by atoms with Crippen LogP contribution in [-0.4, -0.2) is 68.1 Å². The second kappa shape index (κ2) is 7.22. The van der Waals surface area contributed by atoms with E-state index in [2.05, 4.69) is 36.3 Å². The minimum absolute atomic E-state index is 0.204. The van der Waals surface area contributed by atoms with Gasteiger partial charge in [-0.3, -0.25) is 4.79 Å². The molecule has 0 aromatic rings. The van der Waals surface area contributed by atoms with Crippen LogP contribution in [0.5, 0.6) is 0 Å². The molecule has 1 saturated carbocycles. The number of nitrogens with one attached hydrogen (secondary N) is 1. The zero-order valence-electron chi connectivity index (χ0n) is 12.9. The number of nitrogens with zero attached hydrogens (tertiary/aromatic N) is 2. The molecule has 1 unspecified atom stereocenters. The summed E-state index contributed by atoms with van der Waals surface area (Å²) in [5, 5.41) is 3.14. The van der Waals surface area contributed by atoms with E-state index in [1.54, 1.807) is 0 Å². The molecule has 5 nitrogen and oxygen atoms in total. The predicted molar refractivity (Wildman–Crippen MR) is 79.0 cm³/mol. The van der Waals surface area contributed by atoms with Crippen molar-refractivity contribution in [3.05, 3.63) is 0 Å². The van der Waals surface area contributed by atoms with E-state index in [-0.39, 0.29) is 11.9 Å². The van der Waals surface area contributed by atoms with E-state index >= 15 is 0 Å². The molecule has 0 saturated heterocycles. The van der Waals surface area contributed by atoms with Crippen LogP contribution < -0.4 is 11.1 Å². The highest BCUT2D eigenvalue weighted by Crippen LogP contribution is 2.36. The van der Waals surface area contributed by atoms with Crippen LogP contribution >= 0.6 is 0 Å². The van der Waals surface area contributed by atoms with Gasteiger partial charge in [-0.05, 0) is 59.9 Å². The van der Waals surface area contributed by atoms with E-state index in [0.29, 0.717) is 5.54 Å². The Morgan fingerprint density at radius 1 is 1.37 bits per heavy atom. The zero-order valence-corrected chi connectivity index (χ0v) is 12.9. The Hall–Kier alpha value is -0.650. The third kappa shape index (κ3) is 4.44. The number of primary amides is 1. The molecule has 0 bridgehead atoms. The Balaban J connectivity index is 2.38. The van der Waals surface area contributed by atoms with Gasteiger partial charge in [-0.15, -0.1) is 0 Å². The molecule has 19 heavy (non-hydrogen) atoms. The highest BCUT2D eigenvalue weighted by molar-refractivity contribution is 5.79. The minimum atomic E-state index is -0.249. The van der Waals surface area contributed by atoms with E-state index in [9.17, 15) is 4.79 Å². The summed E-state index contributed by atoms with van der Waals surface area (Å²) in [6, 6.07) is -0.204. The van der Waals surface area contributed by atoms with Gasteiger partial charge >= 0.3 is 0 Å². The van der Waals surface area contributed by atoms with Gasteiger partial charge in [-0.1, -0.05) is 6.92 Å². The van der Waals surface area contributed by atoms with Crippen LogP contribution in [0.25, 0.3) is 0 Å². The number of carbonyl (C=O) groups excluding carboxylic acids is 1. The van der Waals surface area contributed by atoms with Gasteiger partial charge < -0.3 is 20.9 Å². The zero-order chi connectivity index (χ0) is 14.5. The average molecular weight is 270 g/mol. The van der Waals surface area contributed by atoms with Crippen molar-refractivity contribution in [2.75, 3.05) is 40.8 Å². The van der Waals surface area contributed by atoms with Crippen molar-refractivity contribution < 1.29 is 4.79 Å². The maximum absolute atomic E-state index is 11.3. The fourth-order valence-electron chi connectivity index (χ4n) is 2.85. The van der Waals surface area contributed by atoms with Gasteiger partial charge in [0.05, 0.1) is 6.04 Å². The quantitative estimate of drug-likeness (QED) is 0.631. The molecule has 0 spiro atoms. The Bertz CT molecular complexity index is 289. The largest absolute Gasteiger partial charge is 0.368 e. The molecule has 1 fully saturated rings. The second-order valence-electron chi connectivity index (χ2n) is 6.01. The molecule has 3 N–H and O–H groups in total. The normalized spacial score (nSPS) is 19.5. The van der Waals surface area contributed by atoms with Gasteiger partial charge in [0, 0.05) is 12.1 Å². The highest BCUT2D eigenvalue weighted by Gasteiger charge is 2.39. The molecule has 1 atom stereocenters. The molecule has 0 radical (unpaired) electrons. The molecule has 112 valence electrons. The number of nitrogens with two attached hydrogens (primary N) is 1. The lowest BCUT2D eigenvalue weighted by Crippen LogP contribution is -2.57. The van der Waals surface area contributed by atoms with Crippen LogP contribution in [0.3, 0.4) is 0 Å². The fraction of sp³-hybridized carbons (Fsp3) is 0.929. The van der Waals surface area contributed by atoms with Crippen LogP contribution in [0.2, 0.25) is 0 Å². The second-order valence-corrected chi connectivity index (χ2v) is 6.01. The molecular formula is C14H30N4O. The molecule has 5 heteroatoms. The standard InChI is InChI=1S/C14H30N4O/c1-5-16-12(13(15)19)7-10-18(4)11-14(17(2)3)8-6-9-14/h12,16H,5-11H2,1-4H3,(H2,15,19). The van der Waals surface area contributed by atoms with Crippen molar-refractivity contribution in [1.82, 2.24) is 15.1 Å². The maximum Gasteiger partial charge on any atom is 0.234 e. The van der Waals surface area contributed by atoms with Crippen molar-refractivity contribution in [2.24, 2.45) is 5.73 Å². The number of hydrogen-bond acceptors (Lipinski definition) is 4. The summed E-state index contributed by atoms with van der Waals surface area (Å²) in [7, 11) is 6.46. The van der Waals surface area contributed by atoms with Crippen molar-refractivity contribution in [2.45, 2.75) is 44.2 Å². The van der Waals surface area contributed by atoms with E-state index < -0.39 is 0 Å². The third-order valence-electron chi connectivity index (χ3n) is 4.39. The molecule has 1 aliphatic carbocycles. The lowest BCUT2D eigenvalue weighted by atomic mass is 9.75. The fourth-order valence-corrected chi connectivity index (χ4v) is 2.85. The average Bonchev–Trinajstić information content (AvgIpc) is 2.28. The Morgan fingerprint density at radius 3 is 2.37 bits per heavy atom. The summed E-state index contributed by atoms with van der Waals surface area (Å²) in [6.45, 7) is 4.74. The molecule has 0 aromatic carbocycles. The smallest absolute Gasteiger partial charge is 0.234 e. The first-order valence-corrected chi connectivity index (χ1v) is 7.30. The van der Waals surface area contributed by atoms with Crippen molar-refractivity contribution in [3.63, 3.8) is 0 Å².